The van der Waals surface area contributed by atoms with Crippen LogP contribution in [0.5, 0.6) is 0 Å². The quantitative estimate of drug-likeness (QED) is 0.122. The Balaban J connectivity index is 1.04. The third kappa shape index (κ3) is 6.42. The van der Waals surface area contributed by atoms with Crippen LogP contribution in [0.25, 0.3) is 33.6 Å². The first-order chi connectivity index (χ1) is 25.0. The van der Waals surface area contributed by atoms with Gasteiger partial charge in [-0.2, -0.15) is 0 Å². The molecule has 270 valence electrons. The van der Waals surface area contributed by atoms with E-state index in [9.17, 15) is 14.7 Å². The van der Waals surface area contributed by atoms with Crippen molar-refractivity contribution in [3.8, 4) is 33.6 Å². The number of anilines is 1. The lowest BCUT2D eigenvalue weighted by atomic mass is 9.71. The zero-order valence-electron chi connectivity index (χ0n) is 30.4. The predicted octanol–water partition coefficient (Wildman–Crippen LogP) is 7.74. The van der Waals surface area contributed by atoms with Crippen LogP contribution in [0.4, 0.5) is 10.7 Å². The van der Waals surface area contributed by atoms with Crippen LogP contribution in [0.1, 0.15) is 78.0 Å². The molecule has 2 fully saturated rings. The van der Waals surface area contributed by atoms with E-state index in [0.717, 1.165) is 65.1 Å². The molecule has 7 rings (SSSR count). The summed E-state index contributed by atoms with van der Waals surface area (Å²) in [7, 11) is 0. The van der Waals surface area contributed by atoms with Crippen LogP contribution in [0.2, 0.25) is 0 Å². The standard InChI is InChI=1S/C40H47N9O3/c1-25(2)33(47-37-41-19-8-20-42-37)35(50)48-21-6-9-32(48)34-43-23-30(45-34)28-14-10-26(11-15-28)27-12-16-29(17-13-27)31-24-44-36(46-31)40(39(3,4)5)18-7-22-49(40)38(51)52/h8,10-17,19-20,23-25,32-33H,6-7,9,18,21-22H2,1-5H3,(H,43,45)(H,44,46)(H,51,52)(H,41,42,47)/t32-,33+,40+/m0/s1. The largest absolute Gasteiger partial charge is 0.465 e. The van der Waals surface area contributed by atoms with Crippen molar-refractivity contribution in [3.05, 3.63) is 91.0 Å². The highest BCUT2D eigenvalue weighted by molar-refractivity contribution is 5.85. The van der Waals surface area contributed by atoms with Crippen LogP contribution in [0.3, 0.4) is 0 Å². The number of carbonyl (C=O) groups is 2. The van der Waals surface area contributed by atoms with E-state index in [1.165, 1.54) is 0 Å². The number of benzene rings is 2. The van der Waals surface area contributed by atoms with Crippen molar-refractivity contribution in [1.82, 2.24) is 39.7 Å². The maximum atomic E-state index is 13.8. The normalized spacial score (nSPS) is 19.7. The predicted molar refractivity (Wildman–Crippen MR) is 200 cm³/mol. The molecule has 4 N–H and O–H groups in total. The van der Waals surface area contributed by atoms with Crippen LogP contribution in [-0.4, -0.2) is 75.9 Å². The van der Waals surface area contributed by atoms with Gasteiger partial charge in [-0.3, -0.25) is 9.69 Å². The van der Waals surface area contributed by atoms with Crippen molar-refractivity contribution in [3.63, 3.8) is 0 Å². The summed E-state index contributed by atoms with van der Waals surface area (Å²) >= 11 is 0. The lowest BCUT2D eigenvalue weighted by molar-refractivity contribution is -0.134. The molecule has 0 bridgehead atoms. The van der Waals surface area contributed by atoms with E-state index in [1.807, 2.05) is 31.1 Å². The number of imidazole rings is 2. The topological polar surface area (TPSA) is 156 Å². The number of H-pyrrole nitrogens is 2. The number of rotatable bonds is 9. The van der Waals surface area contributed by atoms with Crippen molar-refractivity contribution in [2.45, 2.75) is 77.9 Å². The molecule has 2 aromatic carbocycles. The van der Waals surface area contributed by atoms with Crippen LogP contribution in [0, 0.1) is 11.3 Å². The minimum Gasteiger partial charge on any atom is -0.465 e. The molecule has 52 heavy (non-hydrogen) atoms. The van der Waals surface area contributed by atoms with E-state index in [4.69, 9.17) is 9.97 Å². The summed E-state index contributed by atoms with van der Waals surface area (Å²) in [4.78, 5) is 54.5. The minimum atomic E-state index is -0.912. The second-order valence-electron chi connectivity index (χ2n) is 15.3. The third-order valence-corrected chi connectivity index (χ3v) is 10.8. The highest BCUT2D eigenvalue weighted by Crippen LogP contribution is 2.50. The number of amides is 2. The Hall–Kier alpha value is -5.52. The minimum absolute atomic E-state index is 0.0266. The second-order valence-corrected chi connectivity index (χ2v) is 15.3. The van der Waals surface area contributed by atoms with Gasteiger partial charge in [-0.15, -0.1) is 0 Å². The zero-order valence-corrected chi connectivity index (χ0v) is 30.4. The number of hydrogen-bond donors (Lipinski definition) is 4. The van der Waals surface area contributed by atoms with Gasteiger partial charge in [0.1, 0.15) is 23.2 Å². The molecule has 2 amide bonds. The number of carbonyl (C=O) groups excluding carboxylic acids is 1. The highest BCUT2D eigenvalue weighted by atomic mass is 16.4. The van der Waals surface area contributed by atoms with Gasteiger partial charge in [0.05, 0.1) is 29.8 Å². The Morgan fingerprint density at radius 3 is 2.04 bits per heavy atom. The fourth-order valence-corrected chi connectivity index (χ4v) is 7.99. The van der Waals surface area contributed by atoms with E-state index >= 15 is 0 Å². The Bertz CT molecular complexity index is 2020. The number of hydrogen-bond acceptors (Lipinski definition) is 7. The van der Waals surface area contributed by atoms with Gasteiger partial charge < -0.3 is 25.3 Å². The summed E-state index contributed by atoms with van der Waals surface area (Å²) in [5.41, 5.74) is 4.86. The highest BCUT2D eigenvalue weighted by Gasteiger charge is 2.55. The van der Waals surface area contributed by atoms with Crippen molar-refractivity contribution in [2.75, 3.05) is 18.4 Å². The van der Waals surface area contributed by atoms with Gasteiger partial charge in [-0.25, -0.2) is 24.7 Å². The fraction of sp³-hybridized carbons (Fsp3) is 0.400. The molecule has 12 nitrogen and oxygen atoms in total. The molecule has 0 spiro atoms. The summed E-state index contributed by atoms with van der Waals surface area (Å²) < 4.78 is 0. The summed E-state index contributed by atoms with van der Waals surface area (Å²) in [5.74, 6) is 2.00. The fourth-order valence-electron chi connectivity index (χ4n) is 7.99. The Morgan fingerprint density at radius 1 is 0.846 bits per heavy atom. The average molecular weight is 702 g/mol. The Labute approximate surface area is 304 Å². The number of nitrogens with zero attached hydrogens (tertiary/aromatic N) is 6. The van der Waals surface area contributed by atoms with E-state index in [1.54, 1.807) is 23.4 Å². The first-order valence-electron chi connectivity index (χ1n) is 18.1. The van der Waals surface area contributed by atoms with Gasteiger partial charge in [0.15, 0.2) is 0 Å². The second kappa shape index (κ2) is 13.9. The Kier molecular flexibility index (Phi) is 9.33. The molecule has 0 aliphatic carbocycles. The molecule has 0 unspecified atom stereocenters. The summed E-state index contributed by atoms with van der Waals surface area (Å²) in [6, 6.07) is 17.9. The molecule has 3 atom stereocenters. The number of aromatic nitrogens is 6. The maximum absolute atomic E-state index is 13.8. The van der Waals surface area contributed by atoms with Gasteiger partial charge in [0.25, 0.3) is 0 Å². The van der Waals surface area contributed by atoms with Gasteiger partial charge in [-0.1, -0.05) is 83.1 Å². The van der Waals surface area contributed by atoms with E-state index in [0.29, 0.717) is 24.9 Å². The Morgan fingerprint density at radius 2 is 1.44 bits per heavy atom. The van der Waals surface area contributed by atoms with Crippen LogP contribution in [0.15, 0.2) is 79.4 Å². The molecular formula is C40H47N9O3. The molecule has 0 radical (unpaired) electrons. The molecule has 12 heteroatoms. The zero-order chi connectivity index (χ0) is 36.6. The van der Waals surface area contributed by atoms with E-state index in [-0.39, 0.29) is 23.3 Å². The van der Waals surface area contributed by atoms with Crippen LogP contribution < -0.4 is 5.32 Å². The van der Waals surface area contributed by atoms with Crippen LogP contribution >= 0.6 is 0 Å². The molecule has 2 saturated heterocycles. The number of carboxylic acid groups (broad SMARTS) is 1. The molecule has 3 aromatic heterocycles. The summed E-state index contributed by atoms with van der Waals surface area (Å²) in [5, 5.41) is 13.3. The van der Waals surface area contributed by atoms with Gasteiger partial charge >= 0.3 is 6.09 Å². The van der Waals surface area contributed by atoms with Crippen molar-refractivity contribution >= 4 is 17.9 Å². The van der Waals surface area contributed by atoms with Crippen molar-refractivity contribution < 1.29 is 14.7 Å². The number of aromatic amines is 2. The summed E-state index contributed by atoms with van der Waals surface area (Å²) in [6.45, 7) is 11.5. The summed E-state index contributed by atoms with van der Waals surface area (Å²) in [6.07, 6.45) is 9.36. The first kappa shape index (κ1) is 34.9. The molecule has 2 aliphatic rings. The van der Waals surface area contributed by atoms with E-state index in [2.05, 4.69) is 94.6 Å². The molecule has 5 heterocycles. The van der Waals surface area contributed by atoms with Crippen molar-refractivity contribution in [1.29, 1.82) is 0 Å². The average Bonchev–Trinajstić information content (AvgIpc) is 3.97. The molecular weight excluding hydrogens is 655 g/mol. The molecule has 0 saturated carbocycles. The van der Waals surface area contributed by atoms with Crippen LogP contribution in [-0.2, 0) is 10.3 Å². The van der Waals surface area contributed by atoms with Gasteiger partial charge in [0, 0.05) is 25.5 Å². The van der Waals surface area contributed by atoms with E-state index < -0.39 is 17.7 Å². The van der Waals surface area contributed by atoms with Gasteiger partial charge in [0.2, 0.25) is 11.9 Å². The monoisotopic (exact) mass is 701 g/mol. The number of nitrogens with one attached hydrogen (secondary N) is 3. The van der Waals surface area contributed by atoms with Gasteiger partial charge in [-0.05, 0) is 65.3 Å². The smallest absolute Gasteiger partial charge is 0.408 e. The SMILES string of the molecule is CC(C)[C@@H](Nc1ncccn1)C(=O)N1CCC[C@H]1c1ncc(-c2ccc(-c3ccc(-c4cnc([C@@]5(C(C)(C)C)CCCN5C(=O)O)[nH]4)cc3)cc2)[nH]1. The lowest BCUT2D eigenvalue weighted by Gasteiger charge is -2.45. The number of likely N-dealkylation sites (tertiary alicyclic amines) is 2. The molecule has 2 aliphatic heterocycles. The lowest BCUT2D eigenvalue weighted by Crippen LogP contribution is -2.53. The third-order valence-electron chi connectivity index (χ3n) is 10.8. The molecule has 5 aromatic rings. The first-order valence-corrected chi connectivity index (χ1v) is 18.1. The maximum Gasteiger partial charge on any atom is 0.408 e. The van der Waals surface area contributed by atoms with Crippen molar-refractivity contribution in [2.24, 2.45) is 11.3 Å².